The maximum Gasteiger partial charge on any atom is 0.124 e. The van der Waals surface area contributed by atoms with Crippen LogP contribution >= 0.6 is 0 Å². The van der Waals surface area contributed by atoms with Crippen molar-refractivity contribution in [3.8, 4) is 5.75 Å². The van der Waals surface area contributed by atoms with Gasteiger partial charge in [0.15, 0.2) is 0 Å². The van der Waals surface area contributed by atoms with E-state index in [0.29, 0.717) is 12.8 Å². The highest BCUT2D eigenvalue weighted by Gasteiger charge is 2.49. The molecule has 1 aliphatic carbocycles. The molecule has 0 radical (unpaired) electrons. The van der Waals surface area contributed by atoms with Gasteiger partial charge in [0, 0.05) is 30.9 Å². The summed E-state index contributed by atoms with van der Waals surface area (Å²) in [6.45, 7) is 6.73. The van der Waals surface area contributed by atoms with Crippen LogP contribution in [0.1, 0.15) is 57.2 Å². The van der Waals surface area contributed by atoms with Gasteiger partial charge in [-0.05, 0) is 23.5 Å². The molecule has 3 nitrogen and oxygen atoms in total. The van der Waals surface area contributed by atoms with E-state index in [0.717, 1.165) is 24.2 Å². The Bertz CT molecular complexity index is 512. The lowest BCUT2D eigenvalue weighted by molar-refractivity contribution is -0.110. The maximum atomic E-state index is 9.55. The Labute approximate surface area is 121 Å². The number of hydrogen-bond acceptors (Lipinski definition) is 3. The molecular formula is C17H25NO2. The highest BCUT2D eigenvalue weighted by Crippen LogP contribution is 2.48. The molecule has 1 aliphatic heterocycles. The van der Waals surface area contributed by atoms with Crippen LogP contribution < -0.4 is 10.5 Å². The van der Waals surface area contributed by atoms with Crippen molar-refractivity contribution in [2.45, 2.75) is 64.2 Å². The average Bonchev–Trinajstić information content (AvgIpc) is 2.26. The molecule has 0 bridgehead atoms. The molecule has 1 atom stereocenters. The zero-order valence-electron chi connectivity index (χ0n) is 12.6. The van der Waals surface area contributed by atoms with Crippen LogP contribution in [0.15, 0.2) is 18.2 Å². The molecule has 1 aromatic carbocycles. The second kappa shape index (κ2) is 4.47. The van der Waals surface area contributed by atoms with Crippen LogP contribution in [0.25, 0.3) is 0 Å². The van der Waals surface area contributed by atoms with E-state index in [1.807, 2.05) is 0 Å². The number of aliphatic hydroxyl groups is 1. The molecule has 1 aromatic rings. The quantitative estimate of drug-likeness (QED) is 0.828. The van der Waals surface area contributed by atoms with Crippen molar-refractivity contribution < 1.29 is 9.84 Å². The van der Waals surface area contributed by atoms with Gasteiger partial charge in [0.25, 0.3) is 0 Å². The molecule has 1 saturated carbocycles. The highest BCUT2D eigenvalue weighted by atomic mass is 16.5. The summed E-state index contributed by atoms with van der Waals surface area (Å²) in [7, 11) is 0. The lowest BCUT2D eigenvalue weighted by Gasteiger charge is -2.49. The predicted molar refractivity (Wildman–Crippen MR) is 79.7 cm³/mol. The third-order valence-corrected chi connectivity index (χ3v) is 4.34. The van der Waals surface area contributed by atoms with Gasteiger partial charge >= 0.3 is 0 Å². The van der Waals surface area contributed by atoms with Crippen molar-refractivity contribution in [3.05, 3.63) is 29.3 Å². The van der Waals surface area contributed by atoms with Gasteiger partial charge in [-0.25, -0.2) is 0 Å². The highest BCUT2D eigenvalue weighted by molar-refractivity contribution is 5.42. The van der Waals surface area contributed by atoms with E-state index < -0.39 is 0 Å². The fraction of sp³-hybridized carbons (Fsp3) is 0.647. The van der Waals surface area contributed by atoms with Gasteiger partial charge in [-0.1, -0.05) is 32.9 Å². The zero-order chi connectivity index (χ0) is 14.5. The van der Waals surface area contributed by atoms with E-state index in [4.69, 9.17) is 10.5 Å². The van der Waals surface area contributed by atoms with Gasteiger partial charge in [0.05, 0.1) is 6.10 Å². The second-order valence-electron chi connectivity index (χ2n) is 7.77. The number of aliphatic hydroxyl groups excluding tert-OH is 1. The molecule has 3 rings (SSSR count). The van der Waals surface area contributed by atoms with Gasteiger partial charge in [0.2, 0.25) is 0 Å². The number of fused-ring (bicyclic) bond motifs is 1. The molecule has 0 amide bonds. The minimum absolute atomic E-state index is 0.0196. The summed E-state index contributed by atoms with van der Waals surface area (Å²) in [6, 6.07) is 6.42. The molecule has 0 unspecified atom stereocenters. The Morgan fingerprint density at radius 1 is 1.30 bits per heavy atom. The second-order valence-corrected chi connectivity index (χ2v) is 7.77. The van der Waals surface area contributed by atoms with Crippen molar-refractivity contribution in [2.24, 2.45) is 11.1 Å². The van der Waals surface area contributed by atoms with E-state index in [2.05, 4.69) is 39.0 Å². The standard InChI is InChI=1S/C17H25NO2/c1-16(2,3)7-11-4-5-15-13(6-11)14(18)10-17(20-15)8-12(19)9-17/h4-6,12,14,19H,7-10,18H2,1-3H3/t12?,14-,17?/m0/s1. The molecule has 0 saturated heterocycles. The number of rotatable bonds is 1. The minimum Gasteiger partial charge on any atom is -0.487 e. The average molecular weight is 275 g/mol. The summed E-state index contributed by atoms with van der Waals surface area (Å²) in [5, 5.41) is 9.55. The number of ether oxygens (including phenoxy) is 1. The van der Waals surface area contributed by atoms with E-state index in [1.54, 1.807) is 0 Å². The number of nitrogens with two attached hydrogens (primary N) is 1. The molecule has 2 aliphatic rings. The van der Waals surface area contributed by atoms with E-state index in [1.165, 1.54) is 5.56 Å². The van der Waals surface area contributed by atoms with Gasteiger partial charge in [-0.2, -0.15) is 0 Å². The first-order valence-electron chi connectivity index (χ1n) is 7.52. The van der Waals surface area contributed by atoms with Crippen molar-refractivity contribution in [1.82, 2.24) is 0 Å². The van der Waals surface area contributed by atoms with Crippen molar-refractivity contribution in [3.63, 3.8) is 0 Å². The Morgan fingerprint density at radius 3 is 2.60 bits per heavy atom. The minimum atomic E-state index is -0.219. The summed E-state index contributed by atoms with van der Waals surface area (Å²) in [4.78, 5) is 0. The molecule has 1 heterocycles. The first-order chi connectivity index (χ1) is 9.26. The van der Waals surface area contributed by atoms with Crippen LogP contribution in [0.3, 0.4) is 0 Å². The van der Waals surface area contributed by atoms with Crippen molar-refractivity contribution >= 4 is 0 Å². The van der Waals surface area contributed by atoms with Crippen LogP contribution in [-0.2, 0) is 6.42 Å². The normalized spacial score (nSPS) is 32.5. The van der Waals surface area contributed by atoms with Gasteiger partial charge in [-0.3, -0.25) is 0 Å². The third-order valence-electron chi connectivity index (χ3n) is 4.34. The molecule has 20 heavy (non-hydrogen) atoms. The first-order valence-corrected chi connectivity index (χ1v) is 7.52. The largest absolute Gasteiger partial charge is 0.487 e. The van der Waals surface area contributed by atoms with E-state index >= 15 is 0 Å². The third kappa shape index (κ3) is 2.57. The first kappa shape index (κ1) is 13.9. The van der Waals surface area contributed by atoms with E-state index in [9.17, 15) is 5.11 Å². The molecule has 110 valence electrons. The van der Waals surface area contributed by atoms with Gasteiger partial charge < -0.3 is 15.6 Å². The Balaban J connectivity index is 1.84. The molecule has 1 spiro atoms. The van der Waals surface area contributed by atoms with Gasteiger partial charge in [-0.15, -0.1) is 0 Å². The summed E-state index contributed by atoms with van der Waals surface area (Å²) in [5.41, 5.74) is 8.85. The Hall–Kier alpha value is -1.06. The molecule has 3 N–H and O–H groups in total. The lowest BCUT2D eigenvalue weighted by Crippen LogP contribution is -2.55. The molecular weight excluding hydrogens is 250 g/mol. The fourth-order valence-corrected chi connectivity index (χ4v) is 3.54. The lowest BCUT2D eigenvalue weighted by atomic mass is 9.71. The molecule has 0 aromatic heterocycles. The van der Waals surface area contributed by atoms with Crippen molar-refractivity contribution in [2.75, 3.05) is 0 Å². The van der Waals surface area contributed by atoms with E-state index in [-0.39, 0.29) is 23.2 Å². The Morgan fingerprint density at radius 2 is 2.00 bits per heavy atom. The summed E-state index contributed by atoms with van der Waals surface area (Å²) >= 11 is 0. The smallest absolute Gasteiger partial charge is 0.124 e. The SMILES string of the molecule is CC(C)(C)Cc1ccc2c(c1)[C@@H](N)CC1(CC(O)C1)O2. The predicted octanol–water partition coefficient (Wildman–Crippen LogP) is 2.95. The Kier molecular flexibility index (Phi) is 3.11. The van der Waals surface area contributed by atoms with Crippen LogP contribution in [0.4, 0.5) is 0 Å². The number of benzene rings is 1. The van der Waals surface area contributed by atoms with Crippen LogP contribution in [0.2, 0.25) is 0 Å². The monoisotopic (exact) mass is 275 g/mol. The number of hydrogen-bond donors (Lipinski definition) is 2. The van der Waals surface area contributed by atoms with Crippen LogP contribution in [0, 0.1) is 5.41 Å². The topological polar surface area (TPSA) is 55.5 Å². The summed E-state index contributed by atoms with van der Waals surface area (Å²) < 4.78 is 6.14. The van der Waals surface area contributed by atoms with Crippen molar-refractivity contribution in [1.29, 1.82) is 0 Å². The van der Waals surface area contributed by atoms with Gasteiger partial charge in [0.1, 0.15) is 11.4 Å². The molecule has 1 fully saturated rings. The molecule has 3 heteroatoms. The van der Waals surface area contributed by atoms with Crippen LogP contribution in [0.5, 0.6) is 5.75 Å². The fourth-order valence-electron chi connectivity index (χ4n) is 3.54. The summed E-state index contributed by atoms with van der Waals surface area (Å²) in [6.07, 6.45) is 3.06. The van der Waals surface area contributed by atoms with Crippen LogP contribution in [-0.4, -0.2) is 16.8 Å². The summed E-state index contributed by atoms with van der Waals surface area (Å²) in [5.74, 6) is 0.910. The zero-order valence-corrected chi connectivity index (χ0v) is 12.6. The maximum absolute atomic E-state index is 9.55.